The van der Waals surface area contributed by atoms with Crippen molar-refractivity contribution >= 4 is 11.6 Å². The van der Waals surface area contributed by atoms with Gasteiger partial charge in [0.25, 0.3) is 0 Å². The molecule has 0 N–H and O–H groups in total. The molecule has 0 saturated heterocycles. The number of halogens is 1. The van der Waals surface area contributed by atoms with Crippen molar-refractivity contribution in [2.45, 2.75) is 18.2 Å². The molecule has 2 nitrogen and oxygen atoms in total. The summed E-state index contributed by atoms with van der Waals surface area (Å²) in [5.41, 5.74) is 1.17. The highest BCUT2D eigenvalue weighted by Crippen LogP contribution is 2.35. The van der Waals surface area contributed by atoms with Gasteiger partial charge in [-0.2, -0.15) is 0 Å². The van der Waals surface area contributed by atoms with E-state index >= 15 is 0 Å². The number of rotatable bonds is 3. The summed E-state index contributed by atoms with van der Waals surface area (Å²) >= 11 is 6.32. The Labute approximate surface area is 93.9 Å². The molecule has 2 aromatic heterocycles. The van der Waals surface area contributed by atoms with E-state index in [9.17, 15) is 0 Å². The van der Waals surface area contributed by atoms with Crippen LogP contribution in [-0.4, -0.2) is 4.98 Å². The number of pyridine rings is 1. The van der Waals surface area contributed by atoms with E-state index in [1.54, 1.807) is 18.7 Å². The smallest absolute Gasteiger partial charge is 0.122 e. The van der Waals surface area contributed by atoms with Gasteiger partial charge in [-0.3, -0.25) is 4.98 Å². The zero-order valence-corrected chi connectivity index (χ0v) is 9.19. The molecule has 0 spiro atoms. The molecule has 0 aliphatic carbocycles. The first-order valence-electron chi connectivity index (χ1n) is 4.86. The second kappa shape index (κ2) is 4.49. The van der Waals surface area contributed by atoms with Gasteiger partial charge in [-0.05, 0) is 29.8 Å². The van der Waals surface area contributed by atoms with E-state index < -0.39 is 0 Å². The van der Waals surface area contributed by atoms with Crippen molar-refractivity contribution in [3.8, 4) is 0 Å². The molecule has 15 heavy (non-hydrogen) atoms. The maximum Gasteiger partial charge on any atom is 0.122 e. The number of hydrogen-bond acceptors (Lipinski definition) is 2. The van der Waals surface area contributed by atoms with Gasteiger partial charge in [-0.15, -0.1) is 11.6 Å². The quantitative estimate of drug-likeness (QED) is 0.738. The van der Waals surface area contributed by atoms with Crippen LogP contribution in [0.2, 0.25) is 0 Å². The van der Waals surface area contributed by atoms with Crippen LogP contribution in [-0.2, 0) is 0 Å². The van der Waals surface area contributed by atoms with Crippen molar-refractivity contribution < 1.29 is 4.42 Å². The number of furan rings is 1. The highest BCUT2D eigenvalue weighted by atomic mass is 35.5. The largest absolute Gasteiger partial charge is 0.468 e. The number of hydrogen-bond donors (Lipinski definition) is 0. The summed E-state index contributed by atoms with van der Waals surface area (Å²) in [4.78, 5) is 3.98. The first-order valence-corrected chi connectivity index (χ1v) is 5.30. The van der Waals surface area contributed by atoms with Crippen LogP contribution in [0.3, 0.4) is 0 Å². The summed E-state index contributed by atoms with van der Waals surface area (Å²) < 4.78 is 5.29. The maximum atomic E-state index is 6.32. The Hall–Kier alpha value is -1.28. The lowest BCUT2D eigenvalue weighted by molar-refractivity contribution is 0.484. The molecule has 3 heteroatoms. The van der Waals surface area contributed by atoms with Gasteiger partial charge in [-0.25, -0.2) is 0 Å². The average molecular weight is 222 g/mol. The standard InChI is InChI=1S/C12H12ClNO/c1-9(10-4-6-14-7-5-10)12(13)11-3-2-8-15-11/h2-9,12H,1H3. The van der Waals surface area contributed by atoms with Gasteiger partial charge in [0.15, 0.2) is 0 Å². The minimum absolute atomic E-state index is 0.137. The molecule has 0 fully saturated rings. The Bertz CT molecular complexity index is 399. The second-order valence-corrected chi connectivity index (χ2v) is 3.96. The molecule has 2 atom stereocenters. The summed E-state index contributed by atoms with van der Waals surface area (Å²) in [6, 6.07) is 7.70. The van der Waals surface area contributed by atoms with E-state index in [0.717, 1.165) is 5.76 Å². The third-order valence-electron chi connectivity index (χ3n) is 2.49. The third kappa shape index (κ3) is 2.21. The van der Waals surface area contributed by atoms with Crippen LogP contribution in [0.1, 0.15) is 29.5 Å². The number of nitrogens with zero attached hydrogens (tertiary/aromatic N) is 1. The Balaban J connectivity index is 2.18. The van der Waals surface area contributed by atoms with E-state index in [2.05, 4.69) is 11.9 Å². The Morgan fingerprint density at radius 1 is 1.27 bits per heavy atom. The van der Waals surface area contributed by atoms with Crippen molar-refractivity contribution in [1.29, 1.82) is 0 Å². The van der Waals surface area contributed by atoms with E-state index in [0.29, 0.717) is 0 Å². The maximum absolute atomic E-state index is 6.32. The molecule has 0 radical (unpaired) electrons. The van der Waals surface area contributed by atoms with E-state index in [4.69, 9.17) is 16.0 Å². The summed E-state index contributed by atoms with van der Waals surface area (Å²) in [6.07, 6.45) is 5.19. The van der Waals surface area contributed by atoms with Crippen molar-refractivity contribution in [1.82, 2.24) is 4.98 Å². The molecular weight excluding hydrogens is 210 g/mol. The van der Waals surface area contributed by atoms with Crippen molar-refractivity contribution in [3.05, 3.63) is 54.2 Å². The Morgan fingerprint density at radius 3 is 2.60 bits per heavy atom. The van der Waals surface area contributed by atoms with Crippen molar-refractivity contribution in [3.63, 3.8) is 0 Å². The zero-order chi connectivity index (χ0) is 10.7. The van der Waals surface area contributed by atoms with Crippen LogP contribution >= 0.6 is 11.6 Å². The minimum atomic E-state index is -0.137. The first-order chi connectivity index (χ1) is 7.29. The van der Waals surface area contributed by atoms with Gasteiger partial charge in [-0.1, -0.05) is 6.92 Å². The lowest BCUT2D eigenvalue weighted by atomic mass is 9.97. The molecule has 0 aliphatic rings. The fourth-order valence-electron chi connectivity index (χ4n) is 1.53. The van der Waals surface area contributed by atoms with Crippen LogP contribution in [0.25, 0.3) is 0 Å². The summed E-state index contributed by atoms with van der Waals surface area (Å²) in [5.74, 6) is 1.02. The summed E-state index contributed by atoms with van der Waals surface area (Å²) in [7, 11) is 0. The van der Waals surface area contributed by atoms with Crippen LogP contribution in [0.5, 0.6) is 0 Å². The third-order valence-corrected chi connectivity index (χ3v) is 3.08. The molecule has 0 bridgehead atoms. The monoisotopic (exact) mass is 221 g/mol. The van der Waals surface area contributed by atoms with Crippen LogP contribution in [0.15, 0.2) is 47.3 Å². The lowest BCUT2D eigenvalue weighted by Crippen LogP contribution is -2.01. The predicted molar refractivity (Wildman–Crippen MR) is 60.0 cm³/mol. The molecule has 0 aromatic carbocycles. The zero-order valence-electron chi connectivity index (χ0n) is 8.43. The SMILES string of the molecule is CC(c1ccncc1)C(Cl)c1ccco1. The fraction of sp³-hybridized carbons (Fsp3) is 0.250. The molecule has 0 amide bonds. The molecular formula is C12H12ClNO. The topological polar surface area (TPSA) is 26.0 Å². The normalized spacial score (nSPS) is 14.8. The summed E-state index contributed by atoms with van der Waals surface area (Å²) in [5, 5.41) is -0.137. The minimum Gasteiger partial charge on any atom is -0.468 e. The lowest BCUT2D eigenvalue weighted by Gasteiger charge is -2.15. The van der Waals surface area contributed by atoms with Crippen LogP contribution < -0.4 is 0 Å². The van der Waals surface area contributed by atoms with Gasteiger partial charge in [0.05, 0.1) is 11.6 Å². The molecule has 2 rings (SSSR count). The highest BCUT2D eigenvalue weighted by molar-refractivity contribution is 6.21. The van der Waals surface area contributed by atoms with Gasteiger partial charge in [0.1, 0.15) is 5.76 Å². The molecule has 2 heterocycles. The van der Waals surface area contributed by atoms with E-state index in [1.165, 1.54) is 5.56 Å². The van der Waals surface area contributed by atoms with E-state index in [1.807, 2.05) is 24.3 Å². The predicted octanol–water partition coefficient (Wildman–Crippen LogP) is 3.76. The molecule has 2 aromatic rings. The number of alkyl halides is 1. The second-order valence-electron chi connectivity index (χ2n) is 3.49. The van der Waals surface area contributed by atoms with Crippen LogP contribution in [0, 0.1) is 0 Å². The highest BCUT2D eigenvalue weighted by Gasteiger charge is 2.20. The van der Waals surface area contributed by atoms with Gasteiger partial charge < -0.3 is 4.42 Å². The Kier molecular flexibility index (Phi) is 3.07. The Morgan fingerprint density at radius 2 is 2.00 bits per heavy atom. The fourth-order valence-corrected chi connectivity index (χ4v) is 1.80. The molecule has 0 aliphatic heterocycles. The van der Waals surface area contributed by atoms with E-state index in [-0.39, 0.29) is 11.3 Å². The van der Waals surface area contributed by atoms with Gasteiger partial charge >= 0.3 is 0 Å². The van der Waals surface area contributed by atoms with Crippen LogP contribution in [0.4, 0.5) is 0 Å². The molecule has 78 valence electrons. The summed E-state index contributed by atoms with van der Waals surface area (Å²) in [6.45, 7) is 2.08. The van der Waals surface area contributed by atoms with Crippen molar-refractivity contribution in [2.75, 3.05) is 0 Å². The molecule has 2 unspecified atom stereocenters. The first kappa shape index (κ1) is 10.2. The number of aromatic nitrogens is 1. The van der Waals surface area contributed by atoms with Crippen molar-refractivity contribution in [2.24, 2.45) is 0 Å². The molecule has 0 saturated carbocycles. The van der Waals surface area contributed by atoms with Gasteiger partial charge in [0, 0.05) is 18.3 Å². The average Bonchev–Trinajstić information content (AvgIpc) is 2.82. The van der Waals surface area contributed by atoms with Gasteiger partial charge in [0.2, 0.25) is 0 Å².